The maximum absolute atomic E-state index is 16.4. The number of nitrogens with zero attached hydrogens (tertiary/aromatic N) is 2. The molecule has 0 amide bonds. The lowest BCUT2D eigenvalue weighted by atomic mass is 9.87. The molecule has 2 heterocycles. The fraction of sp³-hybridized carbons (Fsp3) is 0.920. The molecule has 1 saturated carbocycles. The van der Waals surface area contributed by atoms with Crippen LogP contribution < -0.4 is 0 Å². The smallest absolute Gasteiger partial charge is 0.371 e. The number of esters is 2. The van der Waals surface area contributed by atoms with E-state index in [9.17, 15) is 9.59 Å². The fourth-order valence-corrected chi connectivity index (χ4v) is 5.51. The first-order valence-electron chi connectivity index (χ1n) is 12.8. The van der Waals surface area contributed by atoms with Crippen LogP contribution in [0.1, 0.15) is 79.1 Å². The molecule has 0 N–H and O–H groups in total. The second kappa shape index (κ2) is 11.2. The third kappa shape index (κ3) is 5.91. The van der Waals surface area contributed by atoms with Gasteiger partial charge in [-0.2, -0.15) is 0 Å². The Morgan fingerprint density at radius 3 is 2.24 bits per heavy atom. The molecule has 8 nitrogen and oxygen atoms in total. The summed E-state index contributed by atoms with van der Waals surface area (Å²) in [6.07, 6.45) is 4.79. The van der Waals surface area contributed by atoms with Gasteiger partial charge in [-0.05, 0) is 79.1 Å². The molecule has 3 fully saturated rings. The van der Waals surface area contributed by atoms with Crippen molar-refractivity contribution in [2.45, 2.75) is 102 Å². The van der Waals surface area contributed by atoms with Gasteiger partial charge in [0.05, 0.1) is 25.2 Å². The van der Waals surface area contributed by atoms with Crippen molar-refractivity contribution in [3.05, 3.63) is 0 Å². The highest BCUT2D eigenvalue weighted by Gasteiger charge is 2.63. The summed E-state index contributed by atoms with van der Waals surface area (Å²) in [6, 6.07) is 0. The zero-order valence-electron chi connectivity index (χ0n) is 21.6. The van der Waals surface area contributed by atoms with Crippen molar-refractivity contribution >= 4 is 11.9 Å². The largest absolute Gasteiger partial charge is 0.466 e. The number of carbonyl (C=O) groups excluding carboxylic acids is 2. The van der Waals surface area contributed by atoms with E-state index in [4.69, 9.17) is 18.9 Å². The van der Waals surface area contributed by atoms with Crippen LogP contribution in [0.15, 0.2) is 0 Å². The zero-order valence-corrected chi connectivity index (χ0v) is 21.6. The van der Waals surface area contributed by atoms with E-state index in [1.54, 1.807) is 11.8 Å². The molecule has 196 valence electrons. The van der Waals surface area contributed by atoms with E-state index in [1.807, 2.05) is 25.7 Å². The molecule has 0 aromatic carbocycles. The number of rotatable bonds is 9. The fourth-order valence-electron chi connectivity index (χ4n) is 5.51. The minimum Gasteiger partial charge on any atom is -0.466 e. The maximum Gasteiger partial charge on any atom is 0.371 e. The van der Waals surface area contributed by atoms with E-state index in [0.29, 0.717) is 58.3 Å². The van der Waals surface area contributed by atoms with Crippen LogP contribution in [0.25, 0.3) is 0 Å². The summed E-state index contributed by atoms with van der Waals surface area (Å²) in [5.74, 6) is -4.43. The molecule has 9 heteroatoms. The minimum absolute atomic E-state index is 0.148. The average molecular weight is 487 g/mol. The quantitative estimate of drug-likeness (QED) is 0.361. The molecule has 3 aliphatic rings. The van der Waals surface area contributed by atoms with Crippen molar-refractivity contribution in [3.8, 4) is 0 Å². The third-order valence-electron chi connectivity index (χ3n) is 6.98. The van der Waals surface area contributed by atoms with E-state index >= 15 is 4.39 Å². The molecule has 1 aliphatic carbocycles. The molecule has 0 aromatic rings. The Labute approximate surface area is 203 Å². The number of likely N-dealkylation sites (tertiary alicyclic amines) is 2. The lowest BCUT2D eigenvalue weighted by molar-refractivity contribution is -0.305. The third-order valence-corrected chi connectivity index (χ3v) is 6.98. The summed E-state index contributed by atoms with van der Waals surface area (Å²) < 4.78 is 39.4. The summed E-state index contributed by atoms with van der Waals surface area (Å²) in [5.41, 5.74) is -0.757. The predicted octanol–water partition coefficient (Wildman–Crippen LogP) is 3.62. The van der Waals surface area contributed by atoms with Gasteiger partial charge in [0.1, 0.15) is 5.60 Å². The summed E-state index contributed by atoms with van der Waals surface area (Å²) in [4.78, 5) is 29.7. The molecular weight excluding hydrogens is 443 g/mol. The van der Waals surface area contributed by atoms with Crippen molar-refractivity contribution < 1.29 is 32.9 Å². The molecule has 0 bridgehead atoms. The first-order chi connectivity index (χ1) is 16.1. The lowest BCUT2D eigenvalue weighted by Gasteiger charge is -2.51. The average Bonchev–Trinajstić information content (AvgIpc) is 3.42. The Morgan fingerprint density at radius 2 is 1.68 bits per heavy atom. The number of carbonyl (C=O) groups is 2. The van der Waals surface area contributed by atoms with Crippen molar-refractivity contribution in [2.75, 3.05) is 40.0 Å². The zero-order chi connectivity index (χ0) is 25.0. The van der Waals surface area contributed by atoms with Crippen LogP contribution in [0.4, 0.5) is 4.39 Å². The molecule has 0 radical (unpaired) electrons. The summed E-state index contributed by atoms with van der Waals surface area (Å²) >= 11 is 0. The SMILES string of the molecule is CCOC(=O)C1CCC(OC(C(=O)OC(C)(C)C)(N2CCCC2)N2CCC[C@]2(F)COC)CC1. The molecule has 0 aromatic heterocycles. The standard InChI is InChI=1S/C25H43FN2O6/c1-6-32-21(29)19-10-12-20(13-11-19)33-25(27-15-7-8-16-27,22(30)34-23(2,3)4)28-17-9-14-24(28,26)18-31-5/h19-20H,6-18H2,1-5H3/t19?,20?,24-,25?/m1/s1. The van der Waals surface area contributed by atoms with Gasteiger partial charge in [-0.25, -0.2) is 14.1 Å². The van der Waals surface area contributed by atoms with Crippen molar-refractivity contribution in [1.29, 1.82) is 0 Å². The van der Waals surface area contributed by atoms with E-state index in [1.165, 1.54) is 7.11 Å². The number of alkyl halides is 1. The highest BCUT2D eigenvalue weighted by Crippen LogP contribution is 2.44. The Kier molecular flexibility index (Phi) is 8.98. The Balaban J connectivity index is 1.93. The Hall–Kier alpha value is -1.29. The first kappa shape index (κ1) is 27.3. The number of methoxy groups -OCH3 is 1. The molecule has 0 spiro atoms. The Bertz CT molecular complexity index is 702. The highest BCUT2D eigenvalue weighted by atomic mass is 19.1. The number of hydrogen-bond acceptors (Lipinski definition) is 8. The predicted molar refractivity (Wildman–Crippen MR) is 125 cm³/mol. The summed E-state index contributed by atoms with van der Waals surface area (Å²) in [7, 11) is 1.47. The Morgan fingerprint density at radius 1 is 1.03 bits per heavy atom. The molecule has 3 rings (SSSR count). The second-order valence-electron chi connectivity index (χ2n) is 10.8. The van der Waals surface area contributed by atoms with Gasteiger partial charge in [-0.3, -0.25) is 9.69 Å². The van der Waals surface area contributed by atoms with Crippen molar-refractivity contribution in [2.24, 2.45) is 5.92 Å². The van der Waals surface area contributed by atoms with E-state index in [2.05, 4.69) is 0 Å². The van der Waals surface area contributed by atoms with E-state index in [0.717, 1.165) is 12.8 Å². The van der Waals surface area contributed by atoms with Crippen LogP contribution in [0.5, 0.6) is 0 Å². The number of halogens is 1. The topological polar surface area (TPSA) is 77.5 Å². The first-order valence-corrected chi connectivity index (χ1v) is 12.8. The molecule has 1 unspecified atom stereocenters. The van der Waals surface area contributed by atoms with Crippen LogP contribution in [0.3, 0.4) is 0 Å². The van der Waals surface area contributed by atoms with Gasteiger partial charge < -0.3 is 18.9 Å². The lowest BCUT2D eigenvalue weighted by Crippen LogP contribution is -2.72. The molecule has 2 saturated heterocycles. The van der Waals surface area contributed by atoms with E-state index in [-0.39, 0.29) is 31.0 Å². The summed E-state index contributed by atoms with van der Waals surface area (Å²) in [6.45, 7) is 9.06. The van der Waals surface area contributed by atoms with E-state index < -0.39 is 23.2 Å². The van der Waals surface area contributed by atoms with Gasteiger partial charge in [0.25, 0.3) is 5.85 Å². The molecular formula is C25H43FN2O6. The van der Waals surface area contributed by atoms with Crippen molar-refractivity contribution in [3.63, 3.8) is 0 Å². The normalized spacial score (nSPS) is 30.8. The molecule has 34 heavy (non-hydrogen) atoms. The number of hydrogen-bond donors (Lipinski definition) is 0. The van der Waals surface area contributed by atoms with Crippen LogP contribution in [-0.4, -0.2) is 85.0 Å². The van der Waals surface area contributed by atoms with Crippen LogP contribution in [-0.2, 0) is 28.5 Å². The monoisotopic (exact) mass is 486 g/mol. The maximum atomic E-state index is 16.4. The summed E-state index contributed by atoms with van der Waals surface area (Å²) in [5, 5.41) is 0. The molecule has 2 aliphatic heterocycles. The minimum atomic E-state index is -1.84. The van der Waals surface area contributed by atoms with Crippen molar-refractivity contribution in [1.82, 2.24) is 9.80 Å². The van der Waals surface area contributed by atoms with Crippen LogP contribution in [0, 0.1) is 5.92 Å². The van der Waals surface area contributed by atoms with Gasteiger partial charge in [-0.15, -0.1) is 0 Å². The van der Waals surface area contributed by atoms with Gasteiger partial charge in [0.15, 0.2) is 5.79 Å². The second-order valence-corrected chi connectivity index (χ2v) is 10.8. The van der Waals surface area contributed by atoms with Gasteiger partial charge in [0.2, 0.25) is 0 Å². The molecule has 2 atom stereocenters. The van der Waals surface area contributed by atoms with Crippen LogP contribution in [0.2, 0.25) is 0 Å². The highest BCUT2D eigenvalue weighted by molar-refractivity contribution is 5.79. The van der Waals surface area contributed by atoms with Gasteiger partial charge in [-0.1, -0.05) is 0 Å². The van der Waals surface area contributed by atoms with Gasteiger partial charge in [0, 0.05) is 26.7 Å². The van der Waals surface area contributed by atoms with Crippen LogP contribution >= 0.6 is 0 Å². The number of ether oxygens (including phenoxy) is 4. The van der Waals surface area contributed by atoms with Gasteiger partial charge >= 0.3 is 11.9 Å².